The average molecular weight is 412 g/mol. The third kappa shape index (κ3) is 4.55. The van der Waals surface area contributed by atoms with Gasteiger partial charge in [-0.05, 0) is 47.5 Å². The summed E-state index contributed by atoms with van der Waals surface area (Å²) < 4.78 is 6.78. The molecule has 1 amide bonds. The number of nitrogens with one attached hydrogen (secondary N) is 1. The maximum Gasteiger partial charge on any atom is 0.271 e. The van der Waals surface area contributed by atoms with Crippen LogP contribution in [0.25, 0.3) is 0 Å². The van der Waals surface area contributed by atoms with Crippen LogP contribution in [0.2, 0.25) is 5.02 Å². The lowest BCUT2D eigenvalue weighted by atomic mass is 10.0. The molecule has 0 saturated heterocycles. The van der Waals surface area contributed by atoms with Gasteiger partial charge in [0.25, 0.3) is 5.91 Å². The van der Waals surface area contributed by atoms with E-state index in [0.717, 1.165) is 16.9 Å². The van der Waals surface area contributed by atoms with Gasteiger partial charge in [0.15, 0.2) is 0 Å². The molecule has 8 nitrogen and oxygen atoms in total. The number of amides is 1. The van der Waals surface area contributed by atoms with Crippen molar-refractivity contribution < 1.29 is 14.4 Å². The smallest absolute Gasteiger partial charge is 0.271 e. The minimum Gasteiger partial charge on any atom is -0.497 e. The van der Waals surface area contributed by atoms with Crippen LogP contribution in [-0.2, 0) is 16.2 Å². The van der Waals surface area contributed by atoms with E-state index in [1.54, 1.807) is 18.1 Å². The number of aromatic nitrogens is 3. The number of oxime groups is 1. The zero-order valence-corrected chi connectivity index (χ0v) is 16.3. The Hall–Kier alpha value is -3.39. The number of ether oxygens (including phenoxy) is 1. The quantitative estimate of drug-likeness (QED) is 0.673. The van der Waals surface area contributed by atoms with Gasteiger partial charge in [-0.25, -0.2) is 9.67 Å². The molecule has 1 aromatic heterocycles. The van der Waals surface area contributed by atoms with E-state index in [-0.39, 0.29) is 11.9 Å². The Balaban J connectivity index is 1.33. The zero-order chi connectivity index (χ0) is 20.2. The zero-order valence-electron chi connectivity index (χ0n) is 15.6. The monoisotopic (exact) mass is 411 g/mol. The number of rotatable bonds is 6. The summed E-state index contributed by atoms with van der Waals surface area (Å²) in [5.74, 6) is 0.620. The molecule has 0 radical (unpaired) electrons. The fraction of sp³-hybridized carbons (Fsp3) is 0.200. The van der Waals surface area contributed by atoms with Crippen LogP contribution in [0.4, 0.5) is 5.95 Å². The van der Waals surface area contributed by atoms with Crippen LogP contribution >= 0.6 is 11.6 Å². The van der Waals surface area contributed by atoms with Gasteiger partial charge in [-0.2, -0.15) is 0 Å². The number of benzene rings is 2. The molecule has 0 saturated carbocycles. The minimum absolute atomic E-state index is 0.213. The van der Waals surface area contributed by atoms with Crippen LogP contribution in [0.3, 0.4) is 0 Å². The third-order valence-electron chi connectivity index (χ3n) is 4.41. The number of halogens is 1. The molecule has 9 heteroatoms. The van der Waals surface area contributed by atoms with Crippen molar-refractivity contribution in [2.75, 3.05) is 12.4 Å². The lowest BCUT2D eigenvalue weighted by molar-refractivity contribution is -0.125. The van der Waals surface area contributed by atoms with Crippen LogP contribution in [0.15, 0.2) is 60.0 Å². The molecule has 148 valence electrons. The van der Waals surface area contributed by atoms with Crippen molar-refractivity contribution in [2.45, 2.75) is 19.1 Å². The molecule has 1 atom stereocenters. The van der Waals surface area contributed by atoms with Crippen LogP contribution in [0, 0.1) is 0 Å². The third-order valence-corrected chi connectivity index (χ3v) is 4.67. The molecule has 0 aliphatic carbocycles. The predicted octanol–water partition coefficient (Wildman–Crippen LogP) is 3.12. The summed E-state index contributed by atoms with van der Waals surface area (Å²) >= 11 is 5.89. The summed E-state index contributed by atoms with van der Waals surface area (Å²) in [5.41, 5.74) is 2.61. The molecule has 2 heterocycles. The number of methoxy groups -OCH3 is 1. The molecule has 0 spiro atoms. The van der Waals surface area contributed by atoms with Gasteiger partial charge in [0.05, 0.1) is 19.4 Å². The lowest BCUT2D eigenvalue weighted by Crippen LogP contribution is -2.28. The van der Waals surface area contributed by atoms with Crippen molar-refractivity contribution in [1.82, 2.24) is 14.8 Å². The van der Waals surface area contributed by atoms with Gasteiger partial charge in [0, 0.05) is 11.4 Å². The molecule has 29 heavy (non-hydrogen) atoms. The molecule has 1 aliphatic heterocycles. The van der Waals surface area contributed by atoms with E-state index in [1.165, 1.54) is 0 Å². The topological polar surface area (TPSA) is 90.6 Å². The van der Waals surface area contributed by atoms with E-state index < -0.39 is 6.10 Å². The largest absolute Gasteiger partial charge is 0.497 e. The second-order valence-corrected chi connectivity index (χ2v) is 6.88. The van der Waals surface area contributed by atoms with E-state index in [0.29, 0.717) is 23.7 Å². The first-order valence-corrected chi connectivity index (χ1v) is 9.30. The van der Waals surface area contributed by atoms with Gasteiger partial charge in [-0.15, -0.1) is 5.10 Å². The van der Waals surface area contributed by atoms with Gasteiger partial charge >= 0.3 is 0 Å². The SMILES string of the molecule is COc1ccc(C2=NOC(C(=O)Nc3ncn(Cc4ccc(Cl)cc4)n3)C2)cc1. The molecular formula is C20H18ClN5O3. The maximum absolute atomic E-state index is 12.5. The number of anilines is 1. The molecule has 2 aromatic carbocycles. The number of hydrogen-bond donors (Lipinski definition) is 1. The van der Waals surface area contributed by atoms with Crippen LogP contribution < -0.4 is 10.1 Å². The number of nitrogens with zero attached hydrogens (tertiary/aromatic N) is 4. The number of carbonyl (C=O) groups is 1. The van der Waals surface area contributed by atoms with Gasteiger partial charge in [0.2, 0.25) is 12.1 Å². The van der Waals surface area contributed by atoms with Crippen LogP contribution in [0.5, 0.6) is 5.75 Å². The molecule has 1 N–H and O–H groups in total. The first kappa shape index (κ1) is 18.9. The Morgan fingerprint density at radius 3 is 2.72 bits per heavy atom. The van der Waals surface area contributed by atoms with Crippen LogP contribution in [0.1, 0.15) is 17.5 Å². The maximum atomic E-state index is 12.5. The van der Waals surface area contributed by atoms with Crippen molar-refractivity contribution >= 4 is 29.2 Å². The van der Waals surface area contributed by atoms with E-state index in [9.17, 15) is 4.79 Å². The van der Waals surface area contributed by atoms with Crippen molar-refractivity contribution in [3.8, 4) is 5.75 Å². The normalized spacial score (nSPS) is 15.5. The van der Waals surface area contributed by atoms with Crippen molar-refractivity contribution in [3.63, 3.8) is 0 Å². The Morgan fingerprint density at radius 2 is 2.00 bits per heavy atom. The highest BCUT2D eigenvalue weighted by Crippen LogP contribution is 2.20. The Bertz CT molecular complexity index is 1030. The van der Waals surface area contributed by atoms with Crippen molar-refractivity contribution in [2.24, 2.45) is 5.16 Å². The van der Waals surface area contributed by atoms with E-state index in [4.69, 9.17) is 21.2 Å². The summed E-state index contributed by atoms with van der Waals surface area (Å²) in [6, 6.07) is 14.9. The Labute approximate surface area is 172 Å². The lowest BCUT2D eigenvalue weighted by Gasteiger charge is -2.07. The molecule has 1 unspecified atom stereocenters. The molecule has 3 aromatic rings. The van der Waals surface area contributed by atoms with Gasteiger partial charge in [0.1, 0.15) is 12.1 Å². The Kier molecular flexibility index (Phi) is 5.44. The molecule has 4 rings (SSSR count). The summed E-state index contributed by atoms with van der Waals surface area (Å²) in [4.78, 5) is 21.9. The average Bonchev–Trinajstić information content (AvgIpc) is 3.40. The van der Waals surface area contributed by atoms with Crippen LogP contribution in [-0.4, -0.2) is 39.6 Å². The second-order valence-electron chi connectivity index (χ2n) is 6.45. The Morgan fingerprint density at radius 1 is 1.24 bits per heavy atom. The summed E-state index contributed by atoms with van der Waals surface area (Å²) in [6.45, 7) is 0.519. The summed E-state index contributed by atoms with van der Waals surface area (Å²) in [5, 5.41) is 11.6. The summed E-state index contributed by atoms with van der Waals surface area (Å²) in [6.07, 6.45) is 1.19. The van der Waals surface area contributed by atoms with Gasteiger partial charge in [-0.3, -0.25) is 10.1 Å². The highest BCUT2D eigenvalue weighted by atomic mass is 35.5. The highest BCUT2D eigenvalue weighted by molar-refractivity contribution is 6.30. The molecule has 1 aliphatic rings. The molecule has 0 bridgehead atoms. The predicted molar refractivity (Wildman–Crippen MR) is 108 cm³/mol. The van der Waals surface area contributed by atoms with E-state index in [1.807, 2.05) is 48.5 Å². The molecular weight excluding hydrogens is 394 g/mol. The summed E-state index contributed by atoms with van der Waals surface area (Å²) in [7, 11) is 1.61. The second kappa shape index (κ2) is 8.32. The number of hydrogen-bond acceptors (Lipinski definition) is 6. The van der Waals surface area contributed by atoms with Gasteiger partial charge < -0.3 is 9.57 Å². The van der Waals surface area contributed by atoms with Crippen molar-refractivity contribution in [1.29, 1.82) is 0 Å². The fourth-order valence-corrected chi connectivity index (χ4v) is 2.99. The molecule has 0 fully saturated rings. The minimum atomic E-state index is -0.727. The standard InChI is InChI=1S/C20H18ClN5O3/c1-28-16-8-4-14(5-9-16)17-10-18(29-25-17)19(27)23-20-22-12-26(24-20)11-13-2-6-15(21)7-3-13/h2-9,12,18H,10-11H2,1H3,(H,23,24,27). The number of carbonyl (C=O) groups excluding carboxylic acids is 1. The first-order valence-electron chi connectivity index (χ1n) is 8.92. The highest BCUT2D eigenvalue weighted by Gasteiger charge is 2.29. The van der Waals surface area contributed by atoms with E-state index >= 15 is 0 Å². The fourth-order valence-electron chi connectivity index (χ4n) is 2.87. The van der Waals surface area contributed by atoms with Gasteiger partial charge in [-0.1, -0.05) is 28.9 Å². The van der Waals surface area contributed by atoms with E-state index in [2.05, 4.69) is 20.6 Å². The van der Waals surface area contributed by atoms with Crippen molar-refractivity contribution in [3.05, 3.63) is 71.0 Å². The first-order chi connectivity index (χ1) is 14.1.